The Morgan fingerprint density at radius 1 is 1.03 bits per heavy atom. The zero-order valence-corrected chi connectivity index (χ0v) is 19.4. The zero-order valence-electron chi connectivity index (χ0n) is 19.4. The van der Waals surface area contributed by atoms with Crippen LogP contribution in [0.3, 0.4) is 0 Å². The van der Waals surface area contributed by atoms with E-state index in [4.69, 9.17) is 23.7 Å². The molecule has 0 spiro atoms. The first-order chi connectivity index (χ1) is 16.0. The van der Waals surface area contributed by atoms with Crippen molar-refractivity contribution in [1.82, 2.24) is 4.98 Å². The Balaban J connectivity index is 0.000000890. The van der Waals surface area contributed by atoms with E-state index in [0.29, 0.717) is 47.0 Å². The first-order valence-electron chi connectivity index (χ1n) is 10.2. The molecule has 0 aliphatic carbocycles. The summed E-state index contributed by atoms with van der Waals surface area (Å²) in [5.74, 6) is 1.77. The van der Waals surface area contributed by atoms with Gasteiger partial charge in [0, 0.05) is 42.5 Å². The lowest BCUT2D eigenvalue weighted by Gasteiger charge is -2.15. The van der Waals surface area contributed by atoms with Gasteiger partial charge in [-0.3, -0.25) is 9.78 Å². The number of carbonyl (C=O) groups excluding carboxylic acids is 2. The van der Waals surface area contributed by atoms with E-state index in [9.17, 15) is 4.79 Å². The molecule has 176 valence electrons. The maximum Gasteiger partial charge on any atom is 0.203 e. The molecule has 0 atom stereocenters. The summed E-state index contributed by atoms with van der Waals surface area (Å²) in [6.07, 6.45) is 3.93. The lowest BCUT2D eigenvalue weighted by molar-refractivity contribution is -0.106. The van der Waals surface area contributed by atoms with Crippen LogP contribution in [0, 0.1) is 0 Å². The summed E-state index contributed by atoms with van der Waals surface area (Å²) >= 11 is 0. The van der Waals surface area contributed by atoms with Crippen LogP contribution in [0.25, 0.3) is 10.8 Å². The number of nitrogens with one attached hydrogen (secondary N) is 1. The standard InChI is InChI=1S/C22H24N2O5.C2H5NO/c1-6-29-17-8-7-14-15(20(17)23-2)11-24-12-16(14)21(25)13-9-18(26-3)22(28-5)19(10-13)27-4;3-1-2-4/h7-12,23H,6H2,1-5H3;2H,1,3H2. The molecule has 0 bridgehead atoms. The van der Waals surface area contributed by atoms with Crippen LogP contribution in [0.1, 0.15) is 22.8 Å². The summed E-state index contributed by atoms with van der Waals surface area (Å²) < 4.78 is 21.8. The topological polar surface area (TPSA) is 122 Å². The van der Waals surface area contributed by atoms with Crippen molar-refractivity contribution in [3.8, 4) is 23.0 Å². The quantitative estimate of drug-likeness (QED) is 0.370. The number of nitrogens with two attached hydrogens (primary N) is 1. The molecule has 3 rings (SSSR count). The van der Waals surface area contributed by atoms with Crippen molar-refractivity contribution in [3.05, 3.63) is 47.8 Å². The van der Waals surface area contributed by atoms with Crippen molar-refractivity contribution in [2.24, 2.45) is 5.73 Å². The molecule has 3 aromatic rings. The van der Waals surface area contributed by atoms with Crippen LogP contribution in [0.15, 0.2) is 36.7 Å². The van der Waals surface area contributed by atoms with E-state index < -0.39 is 0 Å². The molecule has 0 aliphatic rings. The Morgan fingerprint density at radius 2 is 1.67 bits per heavy atom. The van der Waals surface area contributed by atoms with Gasteiger partial charge in [-0.2, -0.15) is 0 Å². The molecular formula is C24H29N3O6. The number of nitrogens with zero attached hydrogens (tertiary/aromatic N) is 1. The molecule has 2 aromatic carbocycles. The van der Waals surface area contributed by atoms with Crippen LogP contribution in [-0.4, -0.2) is 58.6 Å². The Hall–Kier alpha value is -3.85. The number of methoxy groups -OCH3 is 3. The van der Waals surface area contributed by atoms with E-state index in [0.717, 1.165) is 16.5 Å². The molecule has 0 radical (unpaired) electrons. The number of ketones is 1. The summed E-state index contributed by atoms with van der Waals surface area (Å²) in [6.45, 7) is 2.60. The molecule has 0 aliphatic heterocycles. The summed E-state index contributed by atoms with van der Waals surface area (Å²) in [5, 5.41) is 4.72. The van der Waals surface area contributed by atoms with Gasteiger partial charge in [-0.1, -0.05) is 0 Å². The minimum atomic E-state index is -0.200. The number of anilines is 1. The number of pyridine rings is 1. The minimum absolute atomic E-state index is 0.139. The third-order valence-electron chi connectivity index (χ3n) is 4.72. The smallest absolute Gasteiger partial charge is 0.203 e. The third-order valence-corrected chi connectivity index (χ3v) is 4.72. The molecule has 0 fully saturated rings. The van der Waals surface area contributed by atoms with Gasteiger partial charge < -0.3 is 34.8 Å². The van der Waals surface area contributed by atoms with E-state index in [1.165, 1.54) is 21.3 Å². The lowest BCUT2D eigenvalue weighted by Crippen LogP contribution is -2.06. The van der Waals surface area contributed by atoms with E-state index in [2.05, 4.69) is 16.0 Å². The molecule has 0 saturated carbocycles. The highest BCUT2D eigenvalue weighted by Crippen LogP contribution is 2.40. The molecule has 3 N–H and O–H groups in total. The number of carbonyl (C=O) groups is 2. The number of fused-ring (bicyclic) bond motifs is 1. The van der Waals surface area contributed by atoms with E-state index in [1.54, 1.807) is 24.5 Å². The number of hydrogen-bond donors (Lipinski definition) is 2. The Bertz CT molecular complexity index is 1090. The highest BCUT2D eigenvalue weighted by molar-refractivity contribution is 6.18. The van der Waals surface area contributed by atoms with Gasteiger partial charge in [-0.05, 0) is 36.6 Å². The SMILES string of the molecule is CCOc1ccc2c(C(=O)c3cc(OC)c(OC)c(OC)c3)cncc2c1NC.NCC=O. The van der Waals surface area contributed by atoms with Gasteiger partial charge in [0.25, 0.3) is 0 Å². The van der Waals surface area contributed by atoms with Crippen molar-refractivity contribution in [3.63, 3.8) is 0 Å². The fourth-order valence-corrected chi connectivity index (χ4v) is 3.31. The summed E-state index contributed by atoms with van der Waals surface area (Å²) in [4.78, 5) is 26.7. The summed E-state index contributed by atoms with van der Waals surface area (Å²) in [6, 6.07) is 6.99. The maximum absolute atomic E-state index is 13.4. The van der Waals surface area contributed by atoms with Gasteiger partial charge in [0.2, 0.25) is 5.75 Å². The van der Waals surface area contributed by atoms with Gasteiger partial charge in [-0.25, -0.2) is 0 Å². The Kier molecular flexibility index (Phi) is 9.44. The highest BCUT2D eigenvalue weighted by atomic mass is 16.5. The molecule has 9 heteroatoms. The molecule has 1 heterocycles. The van der Waals surface area contributed by atoms with Gasteiger partial charge in [0.1, 0.15) is 12.0 Å². The number of aromatic nitrogens is 1. The molecular weight excluding hydrogens is 426 g/mol. The number of rotatable bonds is 9. The lowest BCUT2D eigenvalue weighted by atomic mass is 9.98. The molecule has 1 aromatic heterocycles. The van der Waals surface area contributed by atoms with Crippen LogP contribution in [0.5, 0.6) is 23.0 Å². The number of benzene rings is 2. The number of ether oxygens (including phenoxy) is 4. The number of hydrogen-bond acceptors (Lipinski definition) is 9. The molecule has 0 amide bonds. The largest absolute Gasteiger partial charge is 0.493 e. The molecule has 33 heavy (non-hydrogen) atoms. The first-order valence-corrected chi connectivity index (χ1v) is 10.2. The van der Waals surface area contributed by atoms with Gasteiger partial charge in [0.15, 0.2) is 17.3 Å². The fourth-order valence-electron chi connectivity index (χ4n) is 3.31. The maximum atomic E-state index is 13.4. The van der Waals surface area contributed by atoms with E-state index in [1.807, 2.05) is 26.1 Å². The van der Waals surface area contributed by atoms with Crippen molar-refractivity contribution >= 4 is 28.5 Å². The monoisotopic (exact) mass is 455 g/mol. The molecule has 0 saturated heterocycles. The van der Waals surface area contributed by atoms with Gasteiger partial charge in [-0.15, -0.1) is 0 Å². The minimum Gasteiger partial charge on any atom is -0.493 e. The van der Waals surface area contributed by atoms with Crippen LogP contribution in [0.4, 0.5) is 5.69 Å². The molecule has 9 nitrogen and oxygen atoms in total. The first kappa shape index (κ1) is 25.4. The van der Waals surface area contributed by atoms with Crippen molar-refractivity contribution in [1.29, 1.82) is 0 Å². The predicted molar refractivity (Wildman–Crippen MR) is 127 cm³/mol. The van der Waals surface area contributed by atoms with Crippen molar-refractivity contribution in [2.75, 3.05) is 46.8 Å². The average molecular weight is 456 g/mol. The second kappa shape index (κ2) is 12.3. The van der Waals surface area contributed by atoms with Crippen LogP contribution < -0.4 is 30.0 Å². The summed E-state index contributed by atoms with van der Waals surface area (Å²) in [7, 11) is 6.36. The zero-order chi connectivity index (χ0) is 24.4. The number of aldehydes is 1. The van der Waals surface area contributed by atoms with Crippen molar-refractivity contribution < 1.29 is 28.5 Å². The average Bonchev–Trinajstić information content (AvgIpc) is 2.86. The Morgan fingerprint density at radius 3 is 2.15 bits per heavy atom. The fraction of sp³-hybridized carbons (Fsp3) is 0.292. The van der Waals surface area contributed by atoms with E-state index >= 15 is 0 Å². The second-order valence-electron chi connectivity index (χ2n) is 6.55. The van der Waals surface area contributed by atoms with Gasteiger partial charge >= 0.3 is 0 Å². The van der Waals surface area contributed by atoms with Gasteiger partial charge in [0.05, 0.1) is 33.6 Å². The van der Waals surface area contributed by atoms with Crippen LogP contribution in [-0.2, 0) is 4.79 Å². The van der Waals surface area contributed by atoms with Crippen molar-refractivity contribution in [2.45, 2.75) is 6.92 Å². The van der Waals surface area contributed by atoms with E-state index in [-0.39, 0.29) is 12.3 Å². The van der Waals surface area contributed by atoms with Crippen LogP contribution >= 0.6 is 0 Å². The molecule has 0 unspecified atom stereocenters. The summed E-state index contributed by atoms with van der Waals surface area (Å²) in [5.41, 5.74) is 6.33. The second-order valence-corrected chi connectivity index (χ2v) is 6.55. The predicted octanol–water partition coefficient (Wildman–Crippen LogP) is 3.08. The Labute approximate surface area is 192 Å². The normalized spacial score (nSPS) is 10.0. The van der Waals surface area contributed by atoms with Crippen LogP contribution in [0.2, 0.25) is 0 Å². The highest BCUT2D eigenvalue weighted by Gasteiger charge is 2.21. The third kappa shape index (κ3) is 5.50.